The van der Waals surface area contributed by atoms with E-state index in [1.807, 2.05) is 0 Å². The molecule has 0 unspecified atom stereocenters. The van der Waals surface area contributed by atoms with Gasteiger partial charge in [-0.05, 0) is 6.92 Å². The molecule has 0 amide bonds. The molecule has 0 radical (unpaired) electrons. The zero-order valence-electron chi connectivity index (χ0n) is 8.68. The number of Topliss-reactive ketones (excluding diaryl/α,β-unsaturated/α-hetero) is 1. The van der Waals surface area contributed by atoms with Gasteiger partial charge in [0, 0.05) is 12.1 Å². The summed E-state index contributed by atoms with van der Waals surface area (Å²) in [6, 6.07) is 3.93. The lowest BCUT2D eigenvalue weighted by Crippen LogP contribution is -2.02. The van der Waals surface area contributed by atoms with Gasteiger partial charge in [0.1, 0.15) is 17.4 Å². The number of rotatable bonds is 3. The number of ketones is 1. The van der Waals surface area contributed by atoms with Crippen molar-refractivity contribution in [2.24, 2.45) is 0 Å². The second kappa shape index (κ2) is 4.40. The first kappa shape index (κ1) is 11.7. The fraction of sp³-hybridized carbons (Fsp3) is 0.200. The maximum Gasteiger partial charge on any atom is 0.271 e. The molecule has 0 aliphatic rings. The molecule has 0 saturated heterocycles. The minimum absolute atomic E-state index is 0.0260. The van der Waals surface area contributed by atoms with E-state index in [9.17, 15) is 14.9 Å². The minimum atomic E-state index is -0.660. The van der Waals surface area contributed by atoms with Gasteiger partial charge < -0.3 is 4.74 Å². The lowest BCUT2D eigenvalue weighted by Gasteiger charge is -2.07. The van der Waals surface area contributed by atoms with Crippen LogP contribution in [0.4, 0.5) is 5.69 Å². The number of nitriles is 1. The molecule has 0 aliphatic heterocycles. The van der Waals surface area contributed by atoms with Crippen molar-refractivity contribution < 1.29 is 14.5 Å². The summed E-state index contributed by atoms with van der Waals surface area (Å²) in [6.07, 6.45) is 0. The topological polar surface area (TPSA) is 93.2 Å². The van der Waals surface area contributed by atoms with Gasteiger partial charge in [-0.3, -0.25) is 14.9 Å². The van der Waals surface area contributed by atoms with Crippen LogP contribution in [0, 0.1) is 21.4 Å². The molecule has 0 bridgehead atoms. The molecule has 0 heterocycles. The predicted octanol–water partition coefficient (Wildman–Crippen LogP) is 1.68. The Morgan fingerprint density at radius 2 is 2.19 bits per heavy atom. The van der Waals surface area contributed by atoms with Crippen molar-refractivity contribution in [2.75, 3.05) is 7.11 Å². The fourth-order valence-electron chi connectivity index (χ4n) is 1.28. The standard InChI is InChI=1S/C10H8N2O4/c1-6(13)9-4-8(12(14)15)3-7(5-11)10(9)16-2/h3-4H,1-2H3. The second-order valence-electron chi connectivity index (χ2n) is 3.00. The van der Waals surface area contributed by atoms with Crippen molar-refractivity contribution in [1.82, 2.24) is 0 Å². The number of carbonyl (C=O) groups is 1. The number of nitro benzene ring substituents is 1. The van der Waals surface area contributed by atoms with Crippen molar-refractivity contribution >= 4 is 11.5 Å². The van der Waals surface area contributed by atoms with E-state index in [-0.39, 0.29) is 22.6 Å². The van der Waals surface area contributed by atoms with Crippen LogP contribution in [0.3, 0.4) is 0 Å². The monoisotopic (exact) mass is 220 g/mol. The van der Waals surface area contributed by atoms with Gasteiger partial charge in [0.15, 0.2) is 5.78 Å². The van der Waals surface area contributed by atoms with Crippen molar-refractivity contribution in [3.63, 3.8) is 0 Å². The van der Waals surface area contributed by atoms with Crippen LogP contribution < -0.4 is 4.74 Å². The maximum atomic E-state index is 11.3. The van der Waals surface area contributed by atoms with Crippen LogP contribution in [0.1, 0.15) is 22.8 Å². The van der Waals surface area contributed by atoms with Gasteiger partial charge in [-0.2, -0.15) is 5.26 Å². The maximum absolute atomic E-state index is 11.3. The van der Waals surface area contributed by atoms with Gasteiger partial charge in [-0.1, -0.05) is 0 Å². The summed E-state index contributed by atoms with van der Waals surface area (Å²) >= 11 is 0. The van der Waals surface area contributed by atoms with Gasteiger partial charge in [0.2, 0.25) is 0 Å². The summed E-state index contributed by atoms with van der Waals surface area (Å²) in [5.74, 6) is -0.322. The van der Waals surface area contributed by atoms with Gasteiger partial charge in [-0.15, -0.1) is 0 Å². The number of carbonyl (C=O) groups excluding carboxylic acids is 1. The van der Waals surface area contributed by atoms with E-state index in [0.717, 1.165) is 12.1 Å². The number of nitro groups is 1. The number of hydrogen-bond acceptors (Lipinski definition) is 5. The number of ether oxygens (including phenoxy) is 1. The molecule has 1 aromatic rings. The largest absolute Gasteiger partial charge is 0.495 e. The van der Waals surface area contributed by atoms with Crippen LogP contribution in [0.25, 0.3) is 0 Å². The molecule has 0 spiro atoms. The van der Waals surface area contributed by atoms with E-state index < -0.39 is 10.7 Å². The molecule has 0 aliphatic carbocycles. The highest BCUT2D eigenvalue weighted by molar-refractivity contribution is 5.98. The molecule has 0 N–H and O–H groups in total. The van der Waals surface area contributed by atoms with Crippen molar-refractivity contribution in [2.45, 2.75) is 6.92 Å². The summed E-state index contributed by atoms with van der Waals surface area (Å²) < 4.78 is 4.90. The summed E-state index contributed by atoms with van der Waals surface area (Å²) in [5.41, 5.74) is -0.294. The molecule has 6 heteroatoms. The van der Waals surface area contributed by atoms with Crippen LogP contribution >= 0.6 is 0 Å². The minimum Gasteiger partial charge on any atom is -0.495 e. The smallest absolute Gasteiger partial charge is 0.271 e. The summed E-state index contributed by atoms with van der Waals surface area (Å²) in [6.45, 7) is 1.25. The SMILES string of the molecule is COc1c(C#N)cc([N+](=O)[O-])cc1C(C)=O. The zero-order chi connectivity index (χ0) is 12.3. The predicted molar refractivity (Wildman–Crippen MR) is 54.4 cm³/mol. The first-order valence-corrected chi connectivity index (χ1v) is 4.28. The van der Waals surface area contributed by atoms with Crippen LogP contribution in [0.15, 0.2) is 12.1 Å². The molecule has 0 aromatic heterocycles. The van der Waals surface area contributed by atoms with E-state index in [0.29, 0.717) is 0 Å². The van der Waals surface area contributed by atoms with Crippen LogP contribution in [-0.2, 0) is 0 Å². The van der Waals surface area contributed by atoms with Crippen molar-refractivity contribution in [1.29, 1.82) is 5.26 Å². The molecule has 16 heavy (non-hydrogen) atoms. The summed E-state index contributed by atoms with van der Waals surface area (Å²) in [7, 11) is 1.30. The van der Waals surface area contributed by atoms with Gasteiger partial charge in [-0.25, -0.2) is 0 Å². The molecule has 0 fully saturated rings. The highest BCUT2D eigenvalue weighted by Gasteiger charge is 2.19. The third-order valence-electron chi connectivity index (χ3n) is 1.99. The Morgan fingerprint density at radius 1 is 1.56 bits per heavy atom. The Bertz CT molecular complexity index is 502. The van der Waals surface area contributed by atoms with Crippen LogP contribution in [0.5, 0.6) is 5.75 Å². The first-order chi connectivity index (χ1) is 7.51. The molecule has 1 rings (SSSR count). The summed E-state index contributed by atoms with van der Waals surface area (Å²) in [4.78, 5) is 21.2. The van der Waals surface area contributed by atoms with E-state index in [1.165, 1.54) is 14.0 Å². The molecule has 1 aromatic carbocycles. The Kier molecular flexibility index (Phi) is 3.20. The number of benzene rings is 1. The van der Waals surface area contributed by atoms with E-state index in [2.05, 4.69) is 0 Å². The van der Waals surface area contributed by atoms with Crippen molar-refractivity contribution in [3.8, 4) is 11.8 Å². The number of nitrogens with zero attached hydrogens (tertiary/aromatic N) is 2. The molecular formula is C10H8N2O4. The Hall–Kier alpha value is -2.42. The third-order valence-corrected chi connectivity index (χ3v) is 1.99. The van der Waals surface area contributed by atoms with Crippen molar-refractivity contribution in [3.05, 3.63) is 33.4 Å². The number of hydrogen-bond donors (Lipinski definition) is 0. The van der Waals surface area contributed by atoms with E-state index >= 15 is 0 Å². The molecule has 6 nitrogen and oxygen atoms in total. The molecule has 0 saturated carbocycles. The molecular weight excluding hydrogens is 212 g/mol. The Balaban J connectivity index is 3.57. The zero-order valence-corrected chi connectivity index (χ0v) is 8.68. The highest BCUT2D eigenvalue weighted by Crippen LogP contribution is 2.29. The van der Waals surface area contributed by atoms with Gasteiger partial charge >= 0.3 is 0 Å². The van der Waals surface area contributed by atoms with E-state index in [1.54, 1.807) is 6.07 Å². The van der Waals surface area contributed by atoms with E-state index in [4.69, 9.17) is 10.00 Å². The summed E-state index contributed by atoms with van der Waals surface area (Å²) in [5, 5.41) is 19.4. The first-order valence-electron chi connectivity index (χ1n) is 4.28. The number of methoxy groups -OCH3 is 1. The lowest BCUT2D eigenvalue weighted by atomic mass is 10.1. The van der Waals surface area contributed by atoms with Crippen LogP contribution in [-0.4, -0.2) is 17.8 Å². The average Bonchev–Trinajstić information content (AvgIpc) is 2.26. The van der Waals surface area contributed by atoms with Gasteiger partial charge in [0.05, 0.1) is 17.6 Å². The fourth-order valence-corrected chi connectivity index (χ4v) is 1.28. The molecule has 82 valence electrons. The quantitative estimate of drug-likeness (QED) is 0.438. The second-order valence-corrected chi connectivity index (χ2v) is 3.00. The van der Waals surface area contributed by atoms with Gasteiger partial charge in [0.25, 0.3) is 5.69 Å². The third kappa shape index (κ3) is 1.98. The Morgan fingerprint density at radius 3 is 2.56 bits per heavy atom. The number of non-ortho nitro benzene ring substituents is 1. The Labute approximate surface area is 91.2 Å². The highest BCUT2D eigenvalue weighted by atomic mass is 16.6. The lowest BCUT2D eigenvalue weighted by molar-refractivity contribution is -0.384. The molecule has 0 atom stereocenters. The normalized spacial score (nSPS) is 9.31. The van der Waals surface area contributed by atoms with Crippen LogP contribution in [0.2, 0.25) is 0 Å². The average molecular weight is 220 g/mol.